The molecule has 0 spiro atoms. The summed E-state index contributed by atoms with van der Waals surface area (Å²) in [5.41, 5.74) is 1.15. The number of piperidine rings is 1. The Labute approximate surface area is 210 Å². The van der Waals surface area contributed by atoms with E-state index in [1.165, 1.54) is 0 Å². The standard InChI is InChI=1S/C23H25N9O3S/c33-18-4-1-3-17-16-11-15(13-32(17)18)12-31(14-16)23(35)26-20-19(27-28-36-20)21(34)29-7-9-30(10-8-29)22-24-5-2-6-25-22/h1-6,15-16H,7-14H2,(H,26,35). The number of amides is 3. The molecule has 36 heavy (non-hydrogen) atoms. The maximum atomic E-state index is 13.2. The highest BCUT2D eigenvalue weighted by Crippen LogP contribution is 2.35. The van der Waals surface area contributed by atoms with Crippen molar-refractivity contribution < 1.29 is 9.59 Å². The van der Waals surface area contributed by atoms with E-state index >= 15 is 0 Å². The second kappa shape index (κ2) is 9.30. The zero-order valence-electron chi connectivity index (χ0n) is 19.5. The number of anilines is 2. The van der Waals surface area contributed by atoms with Gasteiger partial charge in [0.1, 0.15) is 0 Å². The van der Waals surface area contributed by atoms with Crippen molar-refractivity contribution >= 4 is 34.4 Å². The molecule has 2 atom stereocenters. The normalized spacial score (nSPS) is 21.2. The van der Waals surface area contributed by atoms with Crippen LogP contribution in [0.5, 0.6) is 0 Å². The van der Waals surface area contributed by atoms with Gasteiger partial charge in [-0.25, -0.2) is 14.8 Å². The van der Waals surface area contributed by atoms with Crippen LogP contribution in [0.1, 0.15) is 28.5 Å². The lowest BCUT2D eigenvalue weighted by molar-refractivity contribution is 0.0741. The zero-order valence-corrected chi connectivity index (χ0v) is 20.3. The number of aromatic nitrogens is 5. The van der Waals surface area contributed by atoms with Crippen LogP contribution in [0.2, 0.25) is 0 Å². The highest BCUT2D eigenvalue weighted by Gasteiger charge is 2.37. The summed E-state index contributed by atoms with van der Waals surface area (Å²) in [7, 11) is 0. The quantitative estimate of drug-likeness (QED) is 0.558. The second-order valence-corrected chi connectivity index (χ2v) is 10.1. The van der Waals surface area contributed by atoms with Crippen molar-refractivity contribution in [2.75, 3.05) is 49.5 Å². The van der Waals surface area contributed by atoms with Crippen LogP contribution < -0.4 is 15.8 Å². The van der Waals surface area contributed by atoms with Crippen LogP contribution in [0, 0.1) is 5.92 Å². The molecule has 0 saturated carbocycles. The monoisotopic (exact) mass is 507 g/mol. The van der Waals surface area contributed by atoms with E-state index in [9.17, 15) is 14.4 Å². The molecule has 6 heterocycles. The van der Waals surface area contributed by atoms with Gasteiger partial charge in [-0.15, -0.1) is 5.10 Å². The van der Waals surface area contributed by atoms with Crippen molar-refractivity contribution in [1.82, 2.24) is 33.9 Å². The Morgan fingerprint density at radius 1 is 0.972 bits per heavy atom. The first-order valence-corrected chi connectivity index (χ1v) is 12.7. The van der Waals surface area contributed by atoms with Crippen LogP contribution in [0.25, 0.3) is 0 Å². The molecule has 0 aromatic carbocycles. The van der Waals surface area contributed by atoms with Gasteiger partial charge in [-0.1, -0.05) is 10.6 Å². The summed E-state index contributed by atoms with van der Waals surface area (Å²) < 4.78 is 5.77. The van der Waals surface area contributed by atoms with E-state index in [1.807, 2.05) is 15.5 Å². The zero-order chi connectivity index (χ0) is 24.6. The lowest BCUT2D eigenvalue weighted by atomic mass is 9.83. The topological polar surface area (TPSA) is 129 Å². The number of hydrogen-bond donors (Lipinski definition) is 1. The number of pyridine rings is 1. The average Bonchev–Trinajstić information content (AvgIpc) is 3.37. The minimum Gasteiger partial charge on any atom is -0.337 e. The number of carbonyl (C=O) groups is 2. The molecule has 13 heteroatoms. The van der Waals surface area contributed by atoms with Gasteiger partial charge in [0.15, 0.2) is 10.7 Å². The molecule has 1 N–H and O–H groups in total. The molecule has 2 fully saturated rings. The van der Waals surface area contributed by atoms with Gasteiger partial charge in [0.2, 0.25) is 5.95 Å². The molecular weight excluding hydrogens is 482 g/mol. The fraction of sp³-hybridized carbons (Fsp3) is 0.435. The first-order chi connectivity index (χ1) is 17.6. The number of fused-ring (bicyclic) bond motifs is 4. The molecule has 2 bridgehead atoms. The van der Waals surface area contributed by atoms with Gasteiger partial charge in [0.05, 0.1) is 0 Å². The number of rotatable bonds is 3. The van der Waals surface area contributed by atoms with Crippen molar-refractivity contribution in [3.8, 4) is 0 Å². The number of nitrogens with zero attached hydrogens (tertiary/aromatic N) is 8. The SMILES string of the molecule is O=C(Nc1snnc1C(=O)N1CCN(c2ncccn2)CC1)N1CC2CC(C1)c1cccc(=O)n1C2. The molecule has 0 aliphatic carbocycles. The predicted octanol–water partition coefficient (Wildman–Crippen LogP) is 1.10. The van der Waals surface area contributed by atoms with E-state index in [2.05, 4.69) is 24.9 Å². The molecule has 3 aromatic heterocycles. The third-order valence-corrected chi connectivity index (χ3v) is 7.72. The van der Waals surface area contributed by atoms with E-state index in [1.54, 1.807) is 40.4 Å². The Morgan fingerprint density at radius 3 is 2.58 bits per heavy atom. The van der Waals surface area contributed by atoms with E-state index < -0.39 is 0 Å². The average molecular weight is 508 g/mol. The lowest BCUT2D eigenvalue weighted by Crippen LogP contribution is -2.50. The number of piperazine rings is 1. The van der Waals surface area contributed by atoms with E-state index in [4.69, 9.17) is 0 Å². The fourth-order valence-corrected chi connectivity index (χ4v) is 5.92. The molecule has 3 amide bonds. The maximum Gasteiger partial charge on any atom is 0.322 e. The molecule has 2 unspecified atom stereocenters. The second-order valence-electron chi connectivity index (χ2n) is 9.31. The summed E-state index contributed by atoms with van der Waals surface area (Å²) in [6.07, 6.45) is 4.35. The first kappa shape index (κ1) is 22.6. The molecule has 186 valence electrons. The number of likely N-dealkylation sites (tertiary alicyclic amines) is 1. The number of nitrogens with one attached hydrogen (secondary N) is 1. The number of carbonyl (C=O) groups excluding carboxylic acids is 2. The summed E-state index contributed by atoms with van der Waals surface area (Å²) in [4.78, 5) is 52.7. The van der Waals surface area contributed by atoms with Crippen LogP contribution in [0.3, 0.4) is 0 Å². The summed E-state index contributed by atoms with van der Waals surface area (Å²) in [5.74, 6) is 0.721. The van der Waals surface area contributed by atoms with Gasteiger partial charge in [-0.3, -0.25) is 14.9 Å². The third-order valence-electron chi connectivity index (χ3n) is 7.08. The van der Waals surface area contributed by atoms with Crippen LogP contribution in [0.15, 0.2) is 41.5 Å². The van der Waals surface area contributed by atoms with Crippen molar-refractivity contribution in [2.24, 2.45) is 5.92 Å². The van der Waals surface area contributed by atoms with Gasteiger partial charge in [0.25, 0.3) is 11.5 Å². The molecule has 12 nitrogen and oxygen atoms in total. The predicted molar refractivity (Wildman–Crippen MR) is 132 cm³/mol. The summed E-state index contributed by atoms with van der Waals surface area (Å²) in [5, 5.41) is 7.26. The molecule has 0 radical (unpaired) electrons. The lowest BCUT2D eigenvalue weighted by Gasteiger charge is -2.42. The Morgan fingerprint density at radius 2 is 1.78 bits per heavy atom. The first-order valence-electron chi connectivity index (χ1n) is 12.0. The molecular formula is C23H25N9O3S. The highest BCUT2D eigenvalue weighted by atomic mass is 32.1. The Hall–Kier alpha value is -3.87. The fourth-order valence-electron chi connectivity index (χ4n) is 5.36. The largest absolute Gasteiger partial charge is 0.337 e. The van der Waals surface area contributed by atoms with Crippen LogP contribution in [-0.2, 0) is 6.54 Å². The third kappa shape index (κ3) is 4.19. The van der Waals surface area contributed by atoms with E-state index in [-0.39, 0.29) is 35.0 Å². The van der Waals surface area contributed by atoms with Crippen LogP contribution in [-0.4, -0.2) is 85.1 Å². The van der Waals surface area contributed by atoms with Crippen LogP contribution in [0.4, 0.5) is 15.7 Å². The molecule has 3 aromatic rings. The van der Waals surface area contributed by atoms with E-state index in [0.29, 0.717) is 56.8 Å². The van der Waals surface area contributed by atoms with Crippen molar-refractivity contribution in [3.63, 3.8) is 0 Å². The number of hydrogen-bond acceptors (Lipinski definition) is 9. The van der Waals surface area contributed by atoms with Gasteiger partial charge in [-0.2, -0.15) is 0 Å². The van der Waals surface area contributed by atoms with Gasteiger partial charge in [0, 0.05) is 87.4 Å². The Bertz CT molecular complexity index is 1340. The summed E-state index contributed by atoms with van der Waals surface area (Å²) in [6, 6.07) is 6.82. The van der Waals surface area contributed by atoms with E-state index in [0.717, 1.165) is 23.6 Å². The van der Waals surface area contributed by atoms with Crippen LogP contribution >= 0.6 is 11.5 Å². The minimum absolute atomic E-state index is 0.0103. The molecule has 3 aliphatic heterocycles. The maximum absolute atomic E-state index is 13.2. The van der Waals surface area contributed by atoms with Crippen molar-refractivity contribution in [3.05, 3.63) is 58.4 Å². The van der Waals surface area contributed by atoms with Crippen molar-refractivity contribution in [1.29, 1.82) is 0 Å². The highest BCUT2D eigenvalue weighted by molar-refractivity contribution is 7.10. The Kier molecular flexibility index (Phi) is 5.83. The number of urea groups is 1. The summed E-state index contributed by atoms with van der Waals surface area (Å²) >= 11 is 1.00. The molecule has 3 aliphatic rings. The summed E-state index contributed by atoms with van der Waals surface area (Å²) in [6.45, 7) is 3.90. The van der Waals surface area contributed by atoms with Gasteiger partial charge in [-0.05, 0) is 24.5 Å². The Balaban J connectivity index is 1.10. The smallest absolute Gasteiger partial charge is 0.322 e. The minimum atomic E-state index is -0.275. The van der Waals surface area contributed by atoms with Crippen molar-refractivity contribution in [2.45, 2.75) is 18.9 Å². The van der Waals surface area contributed by atoms with Gasteiger partial charge < -0.3 is 19.3 Å². The molecule has 2 saturated heterocycles. The molecule has 6 rings (SSSR count). The van der Waals surface area contributed by atoms with Gasteiger partial charge >= 0.3 is 6.03 Å².